The average Bonchev–Trinajstić information content (AvgIpc) is 2.84. The molecule has 1 heterocycles. The summed E-state index contributed by atoms with van der Waals surface area (Å²) in [5, 5.41) is 3.50. The fourth-order valence-electron chi connectivity index (χ4n) is 2.04. The number of thiophene rings is 1. The Balaban J connectivity index is 2.39. The maximum atomic E-state index is 6.29. The van der Waals surface area contributed by atoms with Crippen LogP contribution in [0.2, 0.25) is 10.0 Å². The van der Waals surface area contributed by atoms with Crippen molar-refractivity contribution in [1.29, 1.82) is 0 Å². The summed E-state index contributed by atoms with van der Waals surface area (Å²) in [6.45, 7) is 2.66. The molecule has 18 heavy (non-hydrogen) atoms. The van der Waals surface area contributed by atoms with E-state index in [2.05, 4.69) is 24.4 Å². The molecular formula is C14H15Cl2NS. The molecule has 0 amide bonds. The molecule has 0 radical (unpaired) electrons. The molecule has 4 heteroatoms. The van der Waals surface area contributed by atoms with Crippen molar-refractivity contribution >= 4 is 34.5 Å². The van der Waals surface area contributed by atoms with Crippen LogP contribution in [0.3, 0.4) is 0 Å². The van der Waals surface area contributed by atoms with Gasteiger partial charge in [-0.2, -0.15) is 0 Å². The maximum absolute atomic E-state index is 6.29. The van der Waals surface area contributed by atoms with Crippen molar-refractivity contribution < 1.29 is 0 Å². The van der Waals surface area contributed by atoms with E-state index in [-0.39, 0.29) is 5.41 Å². The summed E-state index contributed by atoms with van der Waals surface area (Å²) in [4.78, 5) is 1.30. The van der Waals surface area contributed by atoms with E-state index in [1.807, 2.05) is 12.1 Å². The lowest BCUT2D eigenvalue weighted by Gasteiger charge is -2.29. The minimum absolute atomic E-state index is 0.188. The van der Waals surface area contributed by atoms with Crippen molar-refractivity contribution in [2.24, 2.45) is 5.73 Å². The number of rotatable bonds is 4. The zero-order valence-corrected chi connectivity index (χ0v) is 12.4. The molecule has 2 N–H and O–H groups in total. The van der Waals surface area contributed by atoms with Crippen LogP contribution in [-0.2, 0) is 11.8 Å². The van der Waals surface area contributed by atoms with Crippen LogP contribution in [0.15, 0.2) is 35.7 Å². The average molecular weight is 300 g/mol. The first-order valence-electron chi connectivity index (χ1n) is 5.73. The molecule has 2 rings (SSSR count). The molecule has 1 unspecified atom stereocenters. The van der Waals surface area contributed by atoms with E-state index >= 15 is 0 Å². The van der Waals surface area contributed by atoms with Crippen molar-refractivity contribution in [3.8, 4) is 0 Å². The Morgan fingerprint density at radius 2 is 2.06 bits per heavy atom. The smallest absolute Gasteiger partial charge is 0.0445 e. The quantitative estimate of drug-likeness (QED) is 0.883. The molecule has 1 atom stereocenters. The van der Waals surface area contributed by atoms with Gasteiger partial charge in [0.25, 0.3) is 0 Å². The minimum Gasteiger partial charge on any atom is -0.330 e. The van der Waals surface area contributed by atoms with Crippen molar-refractivity contribution in [3.05, 3.63) is 56.2 Å². The fraction of sp³-hybridized carbons (Fsp3) is 0.286. The Kier molecular flexibility index (Phi) is 4.33. The van der Waals surface area contributed by atoms with Crippen LogP contribution >= 0.6 is 34.5 Å². The van der Waals surface area contributed by atoms with Gasteiger partial charge in [0.05, 0.1) is 0 Å². The maximum Gasteiger partial charge on any atom is 0.0445 e. The van der Waals surface area contributed by atoms with Gasteiger partial charge < -0.3 is 5.73 Å². The van der Waals surface area contributed by atoms with Gasteiger partial charge in [0.1, 0.15) is 0 Å². The summed E-state index contributed by atoms with van der Waals surface area (Å²) in [6, 6.07) is 9.73. The van der Waals surface area contributed by atoms with Gasteiger partial charge in [0.15, 0.2) is 0 Å². The number of hydrogen-bond acceptors (Lipinski definition) is 2. The summed E-state index contributed by atoms with van der Waals surface area (Å²) in [6.07, 6.45) is 0.876. The van der Waals surface area contributed by atoms with Crippen molar-refractivity contribution in [2.75, 3.05) is 6.54 Å². The van der Waals surface area contributed by atoms with Crippen molar-refractivity contribution in [3.63, 3.8) is 0 Å². The zero-order chi connectivity index (χ0) is 13.2. The highest BCUT2D eigenvalue weighted by Gasteiger charge is 2.28. The molecule has 0 aliphatic rings. The van der Waals surface area contributed by atoms with E-state index in [1.165, 1.54) is 4.88 Å². The first-order chi connectivity index (χ1) is 8.55. The van der Waals surface area contributed by atoms with Gasteiger partial charge in [-0.05, 0) is 41.6 Å². The van der Waals surface area contributed by atoms with Crippen LogP contribution in [0.5, 0.6) is 0 Å². The minimum atomic E-state index is -0.188. The summed E-state index contributed by atoms with van der Waals surface area (Å²) in [5.74, 6) is 0. The second-order valence-corrected chi connectivity index (χ2v) is 6.52. The molecule has 0 spiro atoms. The van der Waals surface area contributed by atoms with Crippen LogP contribution in [0.4, 0.5) is 0 Å². The molecule has 2 aromatic rings. The van der Waals surface area contributed by atoms with Crippen LogP contribution in [-0.4, -0.2) is 6.54 Å². The lowest BCUT2D eigenvalue weighted by molar-refractivity contribution is 0.485. The van der Waals surface area contributed by atoms with Crippen LogP contribution in [0, 0.1) is 0 Å². The lowest BCUT2D eigenvalue weighted by Crippen LogP contribution is -2.34. The normalized spacial score (nSPS) is 14.4. The fourth-order valence-corrected chi connectivity index (χ4v) is 3.44. The SMILES string of the molecule is CC(CN)(Cc1cccs1)c1cc(Cl)ccc1Cl. The molecule has 1 aromatic carbocycles. The zero-order valence-electron chi connectivity index (χ0n) is 10.1. The van der Waals surface area contributed by atoms with Gasteiger partial charge in [0, 0.05) is 26.9 Å². The molecule has 0 saturated carbocycles. The molecular weight excluding hydrogens is 285 g/mol. The number of halogens is 2. The van der Waals surface area contributed by atoms with E-state index in [9.17, 15) is 0 Å². The second kappa shape index (κ2) is 5.62. The number of benzene rings is 1. The highest BCUT2D eigenvalue weighted by molar-refractivity contribution is 7.09. The van der Waals surface area contributed by atoms with Gasteiger partial charge in [-0.25, -0.2) is 0 Å². The molecule has 0 fully saturated rings. The topological polar surface area (TPSA) is 26.0 Å². The van der Waals surface area contributed by atoms with Gasteiger partial charge in [-0.1, -0.05) is 36.2 Å². The van der Waals surface area contributed by atoms with Crippen molar-refractivity contribution in [1.82, 2.24) is 0 Å². The third kappa shape index (κ3) is 2.89. The van der Waals surface area contributed by atoms with Crippen LogP contribution < -0.4 is 5.73 Å². The first kappa shape index (κ1) is 13.9. The third-order valence-electron chi connectivity index (χ3n) is 3.17. The Bertz CT molecular complexity index is 525. The standard InChI is InChI=1S/C14H15Cl2NS/c1-14(9-17,8-11-3-2-6-18-11)12-7-10(15)4-5-13(12)16/h2-7H,8-9,17H2,1H3. The number of nitrogens with two attached hydrogens (primary N) is 1. The molecule has 0 saturated heterocycles. The molecule has 1 aromatic heterocycles. The molecule has 0 aliphatic heterocycles. The summed E-state index contributed by atoms with van der Waals surface area (Å²) in [5.41, 5.74) is 6.81. The Morgan fingerprint density at radius 3 is 2.67 bits per heavy atom. The van der Waals surface area contributed by atoms with Crippen molar-refractivity contribution in [2.45, 2.75) is 18.8 Å². The summed E-state index contributed by atoms with van der Waals surface area (Å²) in [7, 11) is 0. The predicted molar refractivity (Wildman–Crippen MR) is 80.9 cm³/mol. The molecule has 1 nitrogen and oxygen atoms in total. The molecule has 96 valence electrons. The highest BCUT2D eigenvalue weighted by Crippen LogP contribution is 2.35. The molecule has 0 aliphatic carbocycles. The first-order valence-corrected chi connectivity index (χ1v) is 7.37. The Hall–Kier alpha value is -0.540. The predicted octanol–water partition coefficient (Wildman–Crippen LogP) is 4.51. The van der Waals surface area contributed by atoms with Gasteiger partial charge in [-0.15, -0.1) is 11.3 Å². The van der Waals surface area contributed by atoms with E-state index in [4.69, 9.17) is 28.9 Å². The lowest BCUT2D eigenvalue weighted by atomic mass is 9.79. The second-order valence-electron chi connectivity index (χ2n) is 4.65. The van der Waals surface area contributed by atoms with E-state index in [0.717, 1.165) is 17.0 Å². The van der Waals surface area contributed by atoms with Gasteiger partial charge >= 0.3 is 0 Å². The molecule has 0 bridgehead atoms. The Labute approximate surface area is 122 Å². The highest BCUT2D eigenvalue weighted by atomic mass is 35.5. The Morgan fingerprint density at radius 1 is 1.28 bits per heavy atom. The monoisotopic (exact) mass is 299 g/mol. The van der Waals surface area contributed by atoms with E-state index in [0.29, 0.717) is 11.6 Å². The third-order valence-corrected chi connectivity index (χ3v) is 4.61. The van der Waals surface area contributed by atoms with E-state index in [1.54, 1.807) is 17.4 Å². The van der Waals surface area contributed by atoms with Crippen LogP contribution in [0.25, 0.3) is 0 Å². The van der Waals surface area contributed by atoms with E-state index < -0.39 is 0 Å². The summed E-state index contributed by atoms with van der Waals surface area (Å²) >= 11 is 14.1. The summed E-state index contributed by atoms with van der Waals surface area (Å²) < 4.78 is 0. The number of hydrogen-bond donors (Lipinski definition) is 1. The van der Waals surface area contributed by atoms with Gasteiger partial charge in [0.2, 0.25) is 0 Å². The largest absolute Gasteiger partial charge is 0.330 e. The van der Waals surface area contributed by atoms with Gasteiger partial charge in [-0.3, -0.25) is 0 Å². The van der Waals surface area contributed by atoms with Crippen LogP contribution in [0.1, 0.15) is 17.4 Å².